The van der Waals surface area contributed by atoms with Crippen LogP contribution in [0.4, 0.5) is 11.4 Å². The van der Waals surface area contributed by atoms with Crippen molar-refractivity contribution in [2.45, 2.75) is 6.92 Å². The highest BCUT2D eigenvalue weighted by Gasteiger charge is 2.14. The molecule has 0 aliphatic rings. The highest BCUT2D eigenvalue weighted by molar-refractivity contribution is 6.10. The molecule has 7 rings (SSSR count). The molecule has 1 heterocycles. The fourth-order valence-corrected chi connectivity index (χ4v) is 6.01. The van der Waals surface area contributed by atoms with Gasteiger partial charge in [-0.25, -0.2) is 0 Å². The first kappa shape index (κ1) is 27.9. The summed E-state index contributed by atoms with van der Waals surface area (Å²) in [5.41, 5.74) is 12.4. The van der Waals surface area contributed by atoms with Crippen LogP contribution >= 0.6 is 0 Å². The molecule has 0 atom stereocenters. The summed E-state index contributed by atoms with van der Waals surface area (Å²) in [6.45, 7) is 6.44. The molecule has 0 aliphatic heterocycles. The summed E-state index contributed by atoms with van der Waals surface area (Å²) < 4.78 is 2.37. The number of benzene rings is 6. The van der Waals surface area contributed by atoms with Gasteiger partial charge in [-0.15, -0.1) is 0 Å². The van der Waals surface area contributed by atoms with Crippen molar-refractivity contribution in [1.82, 2.24) is 4.57 Å². The predicted molar refractivity (Wildman–Crippen MR) is 194 cm³/mol. The molecule has 0 spiro atoms. The Hall–Kier alpha value is -5.86. The number of fused-ring (bicyclic) bond motifs is 3. The molecule has 0 unspecified atom stereocenters. The van der Waals surface area contributed by atoms with E-state index in [1.807, 2.05) is 43.4 Å². The maximum Gasteiger partial charge on any atom is 0.0541 e. The molecule has 1 aromatic heterocycles. The third kappa shape index (κ3) is 5.62. The number of anilines is 2. The quantitative estimate of drug-likeness (QED) is 0.178. The predicted octanol–water partition coefficient (Wildman–Crippen LogP) is 12.0. The molecule has 216 valence electrons. The van der Waals surface area contributed by atoms with E-state index in [0.29, 0.717) is 0 Å². The summed E-state index contributed by atoms with van der Waals surface area (Å²) in [4.78, 5) is 0. The van der Waals surface area contributed by atoms with E-state index in [2.05, 4.69) is 150 Å². The first-order valence-electron chi connectivity index (χ1n) is 15.3. The molecule has 0 aliphatic carbocycles. The zero-order chi connectivity index (χ0) is 30.6. The van der Waals surface area contributed by atoms with Gasteiger partial charge in [0.05, 0.1) is 11.0 Å². The average Bonchev–Trinajstić information content (AvgIpc) is 3.43. The molecule has 2 nitrogen and oxygen atoms in total. The van der Waals surface area contributed by atoms with Crippen molar-refractivity contribution < 1.29 is 0 Å². The lowest BCUT2D eigenvalue weighted by Crippen LogP contribution is -1.96. The Morgan fingerprint density at radius 1 is 0.578 bits per heavy atom. The third-order valence-electron chi connectivity index (χ3n) is 8.26. The molecule has 6 aromatic carbocycles. The van der Waals surface area contributed by atoms with Gasteiger partial charge in [0.2, 0.25) is 0 Å². The number of para-hydroxylation sites is 2. The molecule has 7 aromatic rings. The van der Waals surface area contributed by atoms with Gasteiger partial charge in [0.25, 0.3) is 0 Å². The van der Waals surface area contributed by atoms with Gasteiger partial charge in [-0.1, -0.05) is 122 Å². The van der Waals surface area contributed by atoms with Crippen LogP contribution in [0.3, 0.4) is 0 Å². The van der Waals surface area contributed by atoms with Crippen molar-refractivity contribution in [3.8, 4) is 27.9 Å². The van der Waals surface area contributed by atoms with Crippen LogP contribution in [0.5, 0.6) is 0 Å². The Kier molecular flexibility index (Phi) is 7.70. The molecule has 0 fully saturated rings. The van der Waals surface area contributed by atoms with Crippen molar-refractivity contribution in [1.29, 1.82) is 0 Å². The van der Waals surface area contributed by atoms with E-state index in [0.717, 1.165) is 33.8 Å². The highest BCUT2D eigenvalue weighted by atomic mass is 15.0. The van der Waals surface area contributed by atoms with Crippen LogP contribution < -0.4 is 5.32 Å². The van der Waals surface area contributed by atoms with Gasteiger partial charge >= 0.3 is 0 Å². The first-order chi connectivity index (χ1) is 22.2. The van der Waals surface area contributed by atoms with Gasteiger partial charge < -0.3 is 9.88 Å². The molecule has 45 heavy (non-hydrogen) atoms. The molecular weight excluding hydrogens is 544 g/mol. The lowest BCUT2D eigenvalue weighted by molar-refractivity contribution is 1.18. The smallest absolute Gasteiger partial charge is 0.0541 e. The van der Waals surface area contributed by atoms with E-state index in [4.69, 9.17) is 0 Å². The van der Waals surface area contributed by atoms with Crippen LogP contribution in [-0.4, -0.2) is 4.57 Å². The van der Waals surface area contributed by atoms with E-state index in [1.54, 1.807) is 0 Å². The second-order valence-corrected chi connectivity index (χ2v) is 11.2. The van der Waals surface area contributed by atoms with E-state index < -0.39 is 0 Å². The topological polar surface area (TPSA) is 17.0 Å². The molecular formula is C43H34N2. The molecule has 0 saturated heterocycles. The highest BCUT2D eigenvalue weighted by Crippen LogP contribution is 2.37. The second-order valence-electron chi connectivity index (χ2n) is 11.2. The number of nitrogens with zero attached hydrogens (tertiary/aromatic N) is 1. The molecule has 0 amide bonds. The molecule has 2 heteroatoms. The van der Waals surface area contributed by atoms with Crippen LogP contribution in [0.15, 0.2) is 176 Å². The van der Waals surface area contributed by atoms with Crippen molar-refractivity contribution in [2.75, 3.05) is 5.32 Å². The summed E-state index contributed by atoms with van der Waals surface area (Å²) in [6, 6.07) is 51.8. The van der Waals surface area contributed by atoms with Crippen LogP contribution in [-0.2, 0) is 0 Å². The molecule has 0 bridgehead atoms. The Morgan fingerprint density at radius 3 is 1.98 bits per heavy atom. The molecule has 0 radical (unpaired) electrons. The maximum atomic E-state index is 4.42. The largest absolute Gasteiger partial charge is 0.355 e. The summed E-state index contributed by atoms with van der Waals surface area (Å²) in [6.07, 6.45) is 8.15. The SMILES string of the molecule is C=C(/C=C\C=C/C)c1cc(-c2ccc3c(c2)c2ccccc2n3-c2ccc(-c3ccccc3)cc2)ccc1Nc1ccccc1. The zero-order valence-electron chi connectivity index (χ0n) is 25.3. The van der Waals surface area contributed by atoms with Gasteiger partial charge in [0.15, 0.2) is 0 Å². The number of nitrogens with one attached hydrogen (secondary N) is 1. The fourth-order valence-electron chi connectivity index (χ4n) is 6.01. The van der Waals surface area contributed by atoms with Crippen molar-refractivity contribution in [3.63, 3.8) is 0 Å². The second kappa shape index (κ2) is 12.4. The van der Waals surface area contributed by atoms with E-state index >= 15 is 0 Å². The number of hydrogen-bond donors (Lipinski definition) is 1. The summed E-state index contributed by atoms with van der Waals surface area (Å²) in [5, 5.41) is 6.07. The Bertz CT molecular complexity index is 2180. The van der Waals surface area contributed by atoms with Gasteiger partial charge in [-0.2, -0.15) is 0 Å². The monoisotopic (exact) mass is 578 g/mol. The molecule has 1 N–H and O–H groups in total. The average molecular weight is 579 g/mol. The summed E-state index contributed by atoms with van der Waals surface area (Å²) in [7, 11) is 0. The number of rotatable bonds is 8. The normalized spacial score (nSPS) is 11.6. The van der Waals surface area contributed by atoms with Gasteiger partial charge in [-0.3, -0.25) is 0 Å². The van der Waals surface area contributed by atoms with Crippen LogP contribution in [0.2, 0.25) is 0 Å². The number of aromatic nitrogens is 1. The zero-order valence-corrected chi connectivity index (χ0v) is 25.3. The van der Waals surface area contributed by atoms with Crippen molar-refractivity contribution in [2.24, 2.45) is 0 Å². The minimum atomic E-state index is 0.949. The summed E-state index contributed by atoms with van der Waals surface area (Å²) in [5.74, 6) is 0. The Morgan fingerprint density at radius 2 is 1.20 bits per heavy atom. The minimum Gasteiger partial charge on any atom is -0.355 e. The van der Waals surface area contributed by atoms with Gasteiger partial charge in [0.1, 0.15) is 0 Å². The number of allylic oxidation sites excluding steroid dienone is 5. The van der Waals surface area contributed by atoms with Crippen molar-refractivity contribution in [3.05, 3.63) is 182 Å². The van der Waals surface area contributed by atoms with Gasteiger partial charge in [0, 0.05) is 33.4 Å². The maximum absolute atomic E-state index is 4.42. The standard InChI is InChI=1S/C43H34N2/c1-3-4-7-14-31(2)39-29-34(23-27-41(39)44-36-17-10-6-11-18-36)35-24-28-43-40(30-35)38-19-12-13-20-42(38)45(43)37-25-21-33(22-26-37)32-15-8-5-9-16-32/h3-30,44H,2H2,1H3/b4-3-,14-7-. The number of hydrogen-bond acceptors (Lipinski definition) is 1. The van der Waals surface area contributed by atoms with E-state index in [-0.39, 0.29) is 0 Å². The molecule has 0 saturated carbocycles. The van der Waals surface area contributed by atoms with Crippen molar-refractivity contribution >= 4 is 38.8 Å². The lowest BCUT2D eigenvalue weighted by atomic mass is 9.96. The fraction of sp³-hybridized carbons (Fsp3) is 0.0233. The third-order valence-corrected chi connectivity index (χ3v) is 8.26. The van der Waals surface area contributed by atoms with E-state index in [1.165, 1.54) is 38.5 Å². The Balaban J connectivity index is 1.32. The van der Waals surface area contributed by atoms with Gasteiger partial charge in [-0.05, 0) is 89.3 Å². The lowest BCUT2D eigenvalue weighted by Gasteiger charge is -2.15. The minimum absolute atomic E-state index is 0.949. The first-order valence-corrected chi connectivity index (χ1v) is 15.3. The van der Waals surface area contributed by atoms with Crippen LogP contribution in [0.25, 0.3) is 55.3 Å². The van der Waals surface area contributed by atoms with Crippen LogP contribution in [0, 0.1) is 0 Å². The van der Waals surface area contributed by atoms with E-state index in [9.17, 15) is 0 Å². The summed E-state index contributed by atoms with van der Waals surface area (Å²) >= 11 is 0. The van der Waals surface area contributed by atoms with Crippen LogP contribution in [0.1, 0.15) is 12.5 Å². The Labute approximate surface area is 264 Å².